The number of anilines is 1. The first-order valence-electron chi connectivity index (χ1n) is 7.90. The van der Waals surface area contributed by atoms with Crippen LogP contribution in [0, 0.1) is 0 Å². The maximum absolute atomic E-state index is 12.0. The highest BCUT2D eigenvalue weighted by Crippen LogP contribution is 2.27. The Bertz CT molecular complexity index is 958. The lowest BCUT2D eigenvalue weighted by atomic mass is 10.1. The van der Waals surface area contributed by atoms with E-state index < -0.39 is 0 Å². The highest BCUT2D eigenvalue weighted by Gasteiger charge is 2.10. The van der Waals surface area contributed by atoms with E-state index in [1.165, 1.54) is 11.3 Å². The lowest BCUT2D eigenvalue weighted by molar-refractivity contribution is -0.118. The fraction of sp³-hybridized carbons (Fsp3) is 0.105. The van der Waals surface area contributed by atoms with E-state index in [2.05, 4.69) is 10.3 Å². The summed E-state index contributed by atoms with van der Waals surface area (Å²) in [6.45, 7) is -0.157. The van der Waals surface area contributed by atoms with Crippen LogP contribution in [0.5, 0.6) is 5.75 Å². The van der Waals surface area contributed by atoms with Gasteiger partial charge in [0.1, 0.15) is 12.0 Å². The molecule has 0 aliphatic carbocycles. The Morgan fingerprint density at radius 2 is 1.96 bits per heavy atom. The second-order valence-electron chi connectivity index (χ2n) is 5.57. The van der Waals surface area contributed by atoms with Crippen molar-refractivity contribution < 1.29 is 14.3 Å². The van der Waals surface area contributed by atoms with Crippen molar-refractivity contribution in [3.05, 3.63) is 74.7 Å². The van der Waals surface area contributed by atoms with Gasteiger partial charge in [0, 0.05) is 33.1 Å². The van der Waals surface area contributed by atoms with E-state index in [4.69, 9.17) is 27.9 Å². The lowest BCUT2D eigenvalue weighted by Gasteiger charge is -2.05. The third-order valence-corrected chi connectivity index (χ3v) is 5.08. The van der Waals surface area contributed by atoms with Crippen molar-refractivity contribution in [2.45, 2.75) is 6.42 Å². The zero-order valence-electron chi connectivity index (χ0n) is 13.9. The first-order valence-corrected chi connectivity index (χ1v) is 9.47. The SMILES string of the molecule is O=Cc1ccc(OCC(=O)Nc2ncc(Cc3cc(Cl)ccc3Cl)s2)cc1. The number of carbonyl (C=O) groups excluding carboxylic acids is 2. The summed E-state index contributed by atoms with van der Waals surface area (Å²) in [5, 5.41) is 4.42. The number of rotatable bonds is 7. The summed E-state index contributed by atoms with van der Waals surface area (Å²) in [5.74, 6) is 0.183. The number of nitrogens with one attached hydrogen (secondary N) is 1. The van der Waals surface area contributed by atoms with E-state index in [0.717, 1.165) is 16.7 Å². The molecule has 138 valence electrons. The number of hydrogen-bond acceptors (Lipinski definition) is 5. The zero-order chi connectivity index (χ0) is 19.2. The molecule has 0 spiro atoms. The van der Waals surface area contributed by atoms with Crippen molar-refractivity contribution >= 4 is 51.9 Å². The van der Waals surface area contributed by atoms with Crippen LogP contribution in [-0.4, -0.2) is 23.8 Å². The molecule has 0 radical (unpaired) electrons. The predicted octanol–water partition coefficient (Wildman–Crippen LogP) is 4.87. The third kappa shape index (κ3) is 5.53. The average molecular weight is 421 g/mol. The molecular weight excluding hydrogens is 407 g/mol. The molecule has 5 nitrogen and oxygen atoms in total. The molecule has 0 aliphatic rings. The van der Waals surface area contributed by atoms with E-state index >= 15 is 0 Å². The molecule has 0 saturated carbocycles. The minimum Gasteiger partial charge on any atom is -0.484 e. The van der Waals surface area contributed by atoms with Crippen molar-refractivity contribution in [3.63, 3.8) is 0 Å². The van der Waals surface area contributed by atoms with E-state index in [-0.39, 0.29) is 12.5 Å². The summed E-state index contributed by atoms with van der Waals surface area (Å²) in [6.07, 6.45) is 3.01. The zero-order valence-corrected chi connectivity index (χ0v) is 16.3. The van der Waals surface area contributed by atoms with Gasteiger partial charge in [-0.3, -0.25) is 14.9 Å². The van der Waals surface area contributed by atoms with Crippen molar-refractivity contribution in [3.8, 4) is 5.75 Å². The van der Waals surface area contributed by atoms with Crippen LogP contribution in [0.2, 0.25) is 10.0 Å². The second-order valence-corrected chi connectivity index (χ2v) is 7.53. The van der Waals surface area contributed by atoms with Gasteiger partial charge in [-0.2, -0.15) is 0 Å². The van der Waals surface area contributed by atoms with Crippen LogP contribution in [0.4, 0.5) is 5.13 Å². The molecule has 27 heavy (non-hydrogen) atoms. The molecule has 3 aromatic rings. The molecule has 8 heteroatoms. The number of thiazole rings is 1. The van der Waals surface area contributed by atoms with Gasteiger partial charge in [-0.15, -0.1) is 11.3 Å². The summed E-state index contributed by atoms with van der Waals surface area (Å²) >= 11 is 13.5. The minimum absolute atomic E-state index is 0.157. The average Bonchev–Trinajstić information content (AvgIpc) is 3.10. The molecule has 1 amide bonds. The molecule has 3 rings (SSSR count). The van der Waals surface area contributed by atoms with Crippen LogP contribution in [0.3, 0.4) is 0 Å². The number of halogens is 2. The van der Waals surface area contributed by atoms with Gasteiger partial charge < -0.3 is 4.74 Å². The molecule has 1 heterocycles. The van der Waals surface area contributed by atoms with Crippen LogP contribution in [0.1, 0.15) is 20.8 Å². The smallest absolute Gasteiger partial charge is 0.264 e. The normalized spacial score (nSPS) is 10.4. The Kier molecular flexibility index (Phi) is 6.45. The van der Waals surface area contributed by atoms with Crippen molar-refractivity contribution in [2.24, 2.45) is 0 Å². The summed E-state index contributed by atoms with van der Waals surface area (Å²) in [7, 11) is 0. The number of aldehydes is 1. The molecule has 2 aromatic carbocycles. The minimum atomic E-state index is -0.323. The van der Waals surface area contributed by atoms with Crippen molar-refractivity contribution in [1.29, 1.82) is 0 Å². The van der Waals surface area contributed by atoms with Gasteiger partial charge in [-0.1, -0.05) is 23.2 Å². The molecule has 1 N–H and O–H groups in total. The number of nitrogens with zero attached hydrogens (tertiary/aromatic N) is 1. The van der Waals surface area contributed by atoms with Crippen molar-refractivity contribution in [1.82, 2.24) is 4.98 Å². The molecule has 0 aliphatic heterocycles. The Morgan fingerprint density at radius 1 is 1.19 bits per heavy atom. The molecule has 0 bridgehead atoms. The standard InChI is InChI=1S/C19H14Cl2N2O3S/c20-14-3-6-17(21)13(7-14)8-16-9-22-19(27-16)23-18(25)11-26-15-4-1-12(10-24)2-5-15/h1-7,9-10H,8,11H2,(H,22,23,25). The largest absolute Gasteiger partial charge is 0.484 e. The van der Waals surface area contributed by atoms with Gasteiger partial charge in [0.2, 0.25) is 0 Å². The predicted molar refractivity (Wildman–Crippen MR) is 107 cm³/mol. The van der Waals surface area contributed by atoms with E-state index in [9.17, 15) is 9.59 Å². The fourth-order valence-electron chi connectivity index (χ4n) is 2.26. The molecule has 0 saturated heterocycles. The van der Waals surface area contributed by atoms with Crippen LogP contribution in [-0.2, 0) is 11.2 Å². The monoisotopic (exact) mass is 420 g/mol. The van der Waals surface area contributed by atoms with Crippen LogP contribution in [0.15, 0.2) is 48.7 Å². The Morgan fingerprint density at radius 3 is 2.70 bits per heavy atom. The van der Waals surface area contributed by atoms with Gasteiger partial charge in [0.25, 0.3) is 5.91 Å². The topological polar surface area (TPSA) is 68.3 Å². The third-order valence-electron chi connectivity index (χ3n) is 3.56. The van der Waals surface area contributed by atoms with Crippen LogP contribution in [0.25, 0.3) is 0 Å². The fourth-order valence-corrected chi connectivity index (χ4v) is 3.49. The van der Waals surface area contributed by atoms with Crippen LogP contribution >= 0.6 is 34.5 Å². The van der Waals surface area contributed by atoms with Gasteiger partial charge in [-0.25, -0.2) is 4.98 Å². The summed E-state index contributed by atoms with van der Waals surface area (Å²) in [5.41, 5.74) is 1.44. The highest BCUT2D eigenvalue weighted by atomic mass is 35.5. The van der Waals surface area contributed by atoms with E-state index in [1.807, 2.05) is 6.07 Å². The molecule has 0 unspecified atom stereocenters. The van der Waals surface area contributed by atoms with E-state index in [0.29, 0.717) is 32.9 Å². The summed E-state index contributed by atoms with van der Waals surface area (Å²) in [4.78, 5) is 27.8. The molecule has 0 fully saturated rings. The first-order chi connectivity index (χ1) is 13.0. The van der Waals surface area contributed by atoms with Gasteiger partial charge >= 0.3 is 0 Å². The lowest BCUT2D eigenvalue weighted by Crippen LogP contribution is -2.19. The number of aromatic nitrogens is 1. The Hall–Kier alpha value is -2.41. The molecular formula is C19H14Cl2N2O3S. The summed E-state index contributed by atoms with van der Waals surface area (Å²) in [6, 6.07) is 11.8. The number of amides is 1. The Labute approximate surface area is 169 Å². The highest BCUT2D eigenvalue weighted by molar-refractivity contribution is 7.15. The second kappa shape index (κ2) is 8.99. The number of hydrogen-bond donors (Lipinski definition) is 1. The first kappa shape index (κ1) is 19.4. The van der Waals surface area contributed by atoms with Gasteiger partial charge in [0.05, 0.1) is 0 Å². The van der Waals surface area contributed by atoms with Crippen LogP contribution < -0.4 is 10.1 Å². The number of benzene rings is 2. The van der Waals surface area contributed by atoms with Crippen molar-refractivity contribution in [2.75, 3.05) is 11.9 Å². The Balaban J connectivity index is 1.54. The number of ether oxygens (including phenoxy) is 1. The quantitative estimate of drug-likeness (QED) is 0.553. The van der Waals surface area contributed by atoms with Gasteiger partial charge in [0.15, 0.2) is 11.7 Å². The molecule has 0 atom stereocenters. The van der Waals surface area contributed by atoms with E-state index in [1.54, 1.807) is 42.6 Å². The number of carbonyl (C=O) groups is 2. The maximum Gasteiger partial charge on any atom is 0.264 e. The summed E-state index contributed by atoms with van der Waals surface area (Å²) < 4.78 is 5.39. The maximum atomic E-state index is 12.0. The van der Waals surface area contributed by atoms with Gasteiger partial charge in [-0.05, 0) is 48.0 Å². The molecule has 1 aromatic heterocycles.